The minimum Gasteiger partial charge on any atom is -0.372 e. The van der Waals surface area contributed by atoms with Gasteiger partial charge in [-0.05, 0) is 31.4 Å². The van der Waals surface area contributed by atoms with Crippen molar-refractivity contribution in [3.05, 3.63) is 35.4 Å². The molecule has 2 aliphatic rings. The molecular weight excluding hydrogens is 226 g/mol. The van der Waals surface area contributed by atoms with Crippen molar-refractivity contribution in [3.8, 4) is 0 Å². The van der Waals surface area contributed by atoms with Crippen LogP contribution >= 0.6 is 0 Å². The van der Waals surface area contributed by atoms with Crippen molar-refractivity contribution in [2.24, 2.45) is 0 Å². The highest BCUT2D eigenvalue weighted by atomic mass is 19.1. The highest BCUT2D eigenvalue weighted by molar-refractivity contribution is 5.29. The van der Waals surface area contributed by atoms with E-state index in [0.29, 0.717) is 19.6 Å². The van der Waals surface area contributed by atoms with Gasteiger partial charge in [0.15, 0.2) is 0 Å². The van der Waals surface area contributed by atoms with Gasteiger partial charge in [-0.15, -0.1) is 0 Å². The smallest absolute Gasteiger partial charge is 0.132 e. The zero-order valence-corrected chi connectivity index (χ0v) is 9.42. The van der Waals surface area contributed by atoms with Gasteiger partial charge >= 0.3 is 0 Å². The largest absolute Gasteiger partial charge is 0.372 e. The van der Waals surface area contributed by atoms with E-state index in [4.69, 9.17) is 9.47 Å². The molecule has 1 saturated carbocycles. The van der Waals surface area contributed by atoms with Gasteiger partial charge in [0.05, 0.1) is 24.9 Å². The Morgan fingerprint density at radius 2 is 1.94 bits per heavy atom. The molecule has 0 radical (unpaired) electrons. The van der Waals surface area contributed by atoms with Gasteiger partial charge in [-0.1, -0.05) is 6.07 Å². The van der Waals surface area contributed by atoms with Gasteiger partial charge in [-0.3, -0.25) is 0 Å². The molecule has 2 unspecified atom stereocenters. The Bertz CT molecular complexity index is 415. The highest BCUT2D eigenvalue weighted by Crippen LogP contribution is 2.47. The Balaban J connectivity index is 2.12. The summed E-state index contributed by atoms with van der Waals surface area (Å²) in [5.74, 6) is -1.08. The number of rotatable bonds is 1. The molecule has 1 aromatic carbocycles. The number of hydrogen-bond acceptors (Lipinski definition) is 2. The summed E-state index contributed by atoms with van der Waals surface area (Å²) >= 11 is 0. The third kappa shape index (κ3) is 1.58. The van der Waals surface area contributed by atoms with Crippen LogP contribution in [0.2, 0.25) is 0 Å². The van der Waals surface area contributed by atoms with E-state index < -0.39 is 17.2 Å². The first-order valence-electron chi connectivity index (χ1n) is 5.94. The zero-order chi connectivity index (χ0) is 11.9. The fourth-order valence-electron chi connectivity index (χ4n) is 3.00. The number of halogens is 2. The van der Waals surface area contributed by atoms with Gasteiger partial charge in [0.2, 0.25) is 0 Å². The molecule has 0 N–H and O–H groups in total. The standard InChI is InChI=1S/C13H14F2O2/c14-9-3-1-4-10(15)12(9)13-6-2-5-11(13)16-7-8-17-13/h1,3-4,11H,2,5-8H2. The van der Waals surface area contributed by atoms with Crippen molar-refractivity contribution < 1.29 is 18.3 Å². The molecular formula is C13H14F2O2. The van der Waals surface area contributed by atoms with Crippen LogP contribution in [-0.2, 0) is 15.1 Å². The summed E-state index contributed by atoms with van der Waals surface area (Å²) in [6, 6.07) is 3.93. The fourth-order valence-corrected chi connectivity index (χ4v) is 3.00. The molecule has 1 aromatic rings. The monoisotopic (exact) mass is 240 g/mol. The summed E-state index contributed by atoms with van der Waals surface area (Å²) in [5, 5.41) is 0. The van der Waals surface area contributed by atoms with E-state index in [0.717, 1.165) is 12.8 Å². The lowest BCUT2D eigenvalue weighted by atomic mass is 9.88. The number of benzene rings is 1. The molecule has 1 heterocycles. The lowest BCUT2D eigenvalue weighted by Crippen LogP contribution is -2.46. The predicted octanol–water partition coefficient (Wildman–Crippen LogP) is 2.76. The Morgan fingerprint density at radius 3 is 2.71 bits per heavy atom. The lowest BCUT2D eigenvalue weighted by molar-refractivity contribution is -0.197. The van der Waals surface area contributed by atoms with E-state index in [1.807, 2.05) is 0 Å². The second-order valence-corrected chi connectivity index (χ2v) is 4.59. The fraction of sp³-hybridized carbons (Fsp3) is 0.538. The van der Waals surface area contributed by atoms with Crippen LogP contribution in [0.3, 0.4) is 0 Å². The lowest BCUT2D eigenvalue weighted by Gasteiger charge is -2.39. The van der Waals surface area contributed by atoms with Gasteiger partial charge in [0.1, 0.15) is 17.2 Å². The van der Waals surface area contributed by atoms with Crippen LogP contribution in [-0.4, -0.2) is 19.3 Å². The highest BCUT2D eigenvalue weighted by Gasteiger charge is 2.51. The summed E-state index contributed by atoms with van der Waals surface area (Å²) in [5.41, 5.74) is -0.865. The van der Waals surface area contributed by atoms with Crippen molar-refractivity contribution in [2.75, 3.05) is 13.2 Å². The van der Waals surface area contributed by atoms with E-state index >= 15 is 0 Å². The van der Waals surface area contributed by atoms with Crippen molar-refractivity contribution in [3.63, 3.8) is 0 Å². The Kier molecular flexibility index (Phi) is 2.64. The van der Waals surface area contributed by atoms with Gasteiger partial charge in [-0.25, -0.2) is 8.78 Å². The van der Waals surface area contributed by atoms with E-state index in [1.54, 1.807) is 0 Å². The first kappa shape index (κ1) is 11.1. The second kappa shape index (κ2) is 4.03. The molecule has 0 bridgehead atoms. The van der Waals surface area contributed by atoms with Gasteiger partial charge < -0.3 is 9.47 Å². The summed E-state index contributed by atoms with van der Waals surface area (Å²) < 4.78 is 39.1. The third-order valence-electron chi connectivity index (χ3n) is 3.68. The van der Waals surface area contributed by atoms with Crippen molar-refractivity contribution in [2.45, 2.75) is 31.0 Å². The van der Waals surface area contributed by atoms with E-state index in [2.05, 4.69) is 0 Å². The molecule has 0 aromatic heterocycles. The van der Waals surface area contributed by atoms with Gasteiger partial charge in [0, 0.05) is 0 Å². The summed E-state index contributed by atoms with van der Waals surface area (Å²) in [4.78, 5) is 0. The molecule has 1 saturated heterocycles. The van der Waals surface area contributed by atoms with Crippen LogP contribution in [0.15, 0.2) is 18.2 Å². The van der Waals surface area contributed by atoms with Crippen LogP contribution in [0.4, 0.5) is 8.78 Å². The molecule has 1 aliphatic heterocycles. The van der Waals surface area contributed by atoms with Crippen LogP contribution in [0, 0.1) is 11.6 Å². The maximum Gasteiger partial charge on any atom is 0.132 e. The second-order valence-electron chi connectivity index (χ2n) is 4.59. The normalized spacial score (nSPS) is 32.5. The molecule has 2 atom stereocenters. The molecule has 1 aliphatic carbocycles. The predicted molar refractivity (Wildman–Crippen MR) is 57.6 cm³/mol. The molecule has 17 heavy (non-hydrogen) atoms. The maximum atomic E-state index is 13.9. The molecule has 0 spiro atoms. The average molecular weight is 240 g/mol. The molecule has 3 rings (SSSR count). The van der Waals surface area contributed by atoms with Crippen molar-refractivity contribution in [1.29, 1.82) is 0 Å². The van der Waals surface area contributed by atoms with E-state index in [-0.39, 0.29) is 11.7 Å². The molecule has 4 heteroatoms. The minimum absolute atomic E-state index is 0.0437. The van der Waals surface area contributed by atoms with E-state index in [1.165, 1.54) is 18.2 Å². The SMILES string of the molecule is Fc1cccc(F)c1C12CCCC1OCCO2. The first-order valence-corrected chi connectivity index (χ1v) is 5.94. The zero-order valence-electron chi connectivity index (χ0n) is 9.42. The topological polar surface area (TPSA) is 18.5 Å². The molecule has 0 amide bonds. The Hall–Kier alpha value is -1.00. The first-order chi connectivity index (χ1) is 8.24. The van der Waals surface area contributed by atoms with Crippen molar-refractivity contribution >= 4 is 0 Å². The average Bonchev–Trinajstić information content (AvgIpc) is 2.73. The quantitative estimate of drug-likeness (QED) is 0.751. The Labute approximate surface area is 98.5 Å². The van der Waals surface area contributed by atoms with Crippen LogP contribution in [0.1, 0.15) is 24.8 Å². The molecule has 2 nitrogen and oxygen atoms in total. The van der Waals surface area contributed by atoms with Gasteiger partial charge in [-0.2, -0.15) is 0 Å². The maximum absolute atomic E-state index is 13.9. The number of ether oxygens (including phenoxy) is 2. The molecule has 92 valence electrons. The number of fused-ring (bicyclic) bond motifs is 1. The summed E-state index contributed by atoms with van der Waals surface area (Å²) in [7, 11) is 0. The van der Waals surface area contributed by atoms with Crippen molar-refractivity contribution in [1.82, 2.24) is 0 Å². The molecule has 2 fully saturated rings. The third-order valence-corrected chi connectivity index (χ3v) is 3.68. The Morgan fingerprint density at radius 1 is 1.18 bits per heavy atom. The number of hydrogen-bond donors (Lipinski definition) is 0. The van der Waals surface area contributed by atoms with E-state index in [9.17, 15) is 8.78 Å². The summed E-state index contributed by atoms with van der Waals surface area (Å²) in [6.07, 6.45) is 2.07. The van der Waals surface area contributed by atoms with Crippen LogP contribution < -0.4 is 0 Å². The van der Waals surface area contributed by atoms with Gasteiger partial charge in [0.25, 0.3) is 0 Å². The minimum atomic E-state index is -0.909. The summed E-state index contributed by atoms with van der Waals surface area (Å²) in [6.45, 7) is 0.896. The van der Waals surface area contributed by atoms with Crippen LogP contribution in [0.25, 0.3) is 0 Å². The van der Waals surface area contributed by atoms with Crippen LogP contribution in [0.5, 0.6) is 0 Å².